The molecule has 0 bridgehead atoms. The highest BCUT2D eigenvalue weighted by Crippen LogP contribution is 2.31. The molecule has 0 aliphatic carbocycles. The number of oxazole rings is 1. The van der Waals surface area contributed by atoms with Crippen LogP contribution in [0, 0.1) is 6.92 Å². The first-order valence-corrected chi connectivity index (χ1v) is 7.25. The van der Waals surface area contributed by atoms with Crippen LogP contribution in [0.25, 0.3) is 22.3 Å². The van der Waals surface area contributed by atoms with Gasteiger partial charge in [-0.25, -0.2) is 15.0 Å². The van der Waals surface area contributed by atoms with E-state index in [0.29, 0.717) is 33.2 Å². The van der Waals surface area contributed by atoms with Crippen LogP contribution in [0.2, 0.25) is 0 Å². The van der Waals surface area contributed by atoms with Crippen molar-refractivity contribution in [2.75, 3.05) is 5.73 Å². The maximum Gasteiger partial charge on any atom is 0.268 e. The Bertz CT molecular complexity index is 788. The topological polar surface area (TPSA) is 121 Å². The van der Waals surface area contributed by atoms with Crippen molar-refractivity contribution < 1.29 is 9.21 Å². The molecule has 20 heavy (non-hydrogen) atoms. The van der Waals surface area contributed by atoms with E-state index in [2.05, 4.69) is 15.0 Å². The van der Waals surface area contributed by atoms with E-state index in [1.54, 1.807) is 17.7 Å². The Morgan fingerprint density at radius 2 is 2.05 bits per heavy atom. The summed E-state index contributed by atoms with van der Waals surface area (Å²) in [5, 5.41) is 4.38. The summed E-state index contributed by atoms with van der Waals surface area (Å²) >= 11 is 2.59. The number of aryl methyl sites for hydroxylation is 1. The lowest BCUT2D eigenvalue weighted by molar-refractivity contribution is 0.0996. The second-order valence-corrected chi connectivity index (χ2v) is 5.64. The van der Waals surface area contributed by atoms with Crippen molar-refractivity contribution in [1.82, 2.24) is 15.0 Å². The molecule has 4 N–H and O–H groups in total. The Morgan fingerprint density at radius 1 is 1.25 bits per heavy atom. The van der Waals surface area contributed by atoms with Gasteiger partial charge in [-0.3, -0.25) is 4.79 Å². The highest BCUT2D eigenvalue weighted by Gasteiger charge is 2.18. The molecular formula is C11H9N5O2S2. The summed E-state index contributed by atoms with van der Waals surface area (Å²) in [5.41, 5.74) is 12.1. The van der Waals surface area contributed by atoms with Crippen molar-refractivity contribution in [2.45, 2.75) is 6.92 Å². The monoisotopic (exact) mass is 307 g/mol. The number of nitrogen functional groups attached to an aromatic ring is 1. The number of amides is 1. The van der Waals surface area contributed by atoms with Gasteiger partial charge in [0, 0.05) is 10.8 Å². The Balaban J connectivity index is 2.02. The molecular weight excluding hydrogens is 298 g/mol. The summed E-state index contributed by atoms with van der Waals surface area (Å²) in [4.78, 5) is 23.7. The van der Waals surface area contributed by atoms with Gasteiger partial charge >= 0.3 is 0 Å². The largest absolute Gasteiger partial charge is 0.439 e. The van der Waals surface area contributed by atoms with Crippen LogP contribution in [0.3, 0.4) is 0 Å². The summed E-state index contributed by atoms with van der Waals surface area (Å²) in [6, 6.07) is 0. The molecule has 0 atom stereocenters. The molecule has 3 aromatic heterocycles. The van der Waals surface area contributed by atoms with Crippen molar-refractivity contribution in [2.24, 2.45) is 5.73 Å². The molecule has 0 aliphatic rings. The summed E-state index contributed by atoms with van der Waals surface area (Å²) < 4.78 is 5.57. The number of hydrogen-bond acceptors (Lipinski definition) is 8. The van der Waals surface area contributed by atoms with Crippen LogP contribution in [0.15, 0.2) is 15.2 Å². The van der Waals surface area contributed by atoms with E-state index < -0.39 is 5.91 Å². The zero-order chi connectivity index (χ0) is 14.3. The Morgan fingerprint density at radius 3 is 2.65 bits per heavy atom. The number of rotatable bonds is 3. The molecule has 7 nitrogen and oxygen atoms in total. The fraction of sp³-hybridized carbons (Fsp3) is 0.0909. The standard InChI is InChI=1S/C11H9N5O2S2/c1-4-7(10-14-5(2-19-10)8(12)17)16-9(18-4)6-3-20-11(13)15-6/h2-3H,1H3,(H2,12,17)(H2,13,15). The van der Waals surface area contributed by atoms with Crippen molar-refractivity contribution in [3.05, 3.63) is 22.2 Å². The van der Waals surface area contributed by atoms with Gasteiger partial charge in [0.15, 0.2) is 5.13 Å². The molecule has 0 aromatic carbocycles. The van der Waals surface area contributed by atoms with E-state index in [9.17, 15) is 4.79 Å². The van der Waals surface area contributed by atoms with E-state index in [0.717, 1.165) is 0 Å². The van der Waals surface area contributed by atoms with Gasteiger partial charge in [-0.2, -0.15) is 0 Å². The number of thiazole rings is 2. The lowest BCUT2D eigenvalue weighted by Gasteiger charge is -1.88. The Hall–Kier alpha value is -2.26. The number of nitrogens with zero attached hydrogens (tertiary/aromatic N) is 3. The predicted molar refractivity (Wildman–Crippen MR) is 76.4 cm³/mol. The van der Waals surface area contributed by atoms with Gasteiger partial charge in [-0.05, 0) is 6.92 Å². The molecule has 9 heteroatoms. The maximum absolute atomic E-state index is 11.1. The van der Waals surface area contributed by atoms with Gasteiger partial charge in [-0.1, -0.05) is 0 Å². The molecule has 3 rings (SSSR count). The summed E-state index contributed by atoms with van der Waals surface area (Å²) in [6.07, 6.45) is 0. The van der Waals surface area contributed by atoms with Crippen LogP contribution in [0.5, 0.6) is 0 Å². The third-order valence-corrected chi connectivity index (χ3v) is 4.02. The zero-order valence-corrected chi connectivity index (χ0v) is 11.9. The quantitative estimate of drug-likeness (QED) is 0.762. The average molecular weight is 307 g/mol. The molecule has 0 aliphatic heterocycles. The number of hydrogen-bond donors (Lipinski definition) is 2. The molecule has 1 amide bonds. The third-order valence-electron chi connectivity index (χ3n) is 2.50. The fourth-order valence-electron chi connectivity index (χ4n) is 1.59. The first-order valence-electron chi connectivity index (χ1n) is 5.49. The summed E-state index contributed by atoms with van der Waals surface area (Å²) in [7, 11) is 0. The van der Waals surface area contributed by atoms with Gasteiger partial charge in [0.05, 0.1) is 0 Å². The number of aromatic nitrogens is 3. The van der Waals surface area contributed by atoms with E-state index in [-0.39, 0.29) is 5.69 Å². The SMILES string of the molecule is Cc1oc(-c2csc(N)n2)nc1-c1nc(C(N)=O)cs1. The number of carbonyl (C=O) groups excluding carboxylic acids is 1. The van der Waals surface area contributed by atoms with E-state index in [4.69, 9.17) is 15.9 Å². The van der Waals surface area contributed by atoms with Crippen molar-refractivity contribution in [3.8, 4) is 22.3 Å². The number of nitrogens with two attached hydrogens (primary N) is 2. The van der Waals surface area contributed by atoms with E-state index >= 15 is 0 Å². The van der Waals surface area contributed by atoms with Gasteiger partial charge in [0.25, 0.3) is 5.91 Å². The zero-order valence-electron chi connectivity index (χ0n) is 10.3. The van der Waals surface area contributed by atoms with Crippen molar-refractivity contribution >= 4 is 33.7 Å². The molecule has 0 saturated carbocycles. The van der Waals surface area contributed by atoms with Crippen LogP contribution in [0.1, 0.15) is 16.2 Å². The second kappa shape index (κ2) is 4.69. The van der Waals surface area contributed by atoms with Crippen molar-refractivity contribution in [3.63, 3.8) is 0 Å². The first kappa shape index (κ1) is 12.8. The normalized spacial score (nSPS) is 10.8. The van der Waals surface area contributed by atoms with Crippen LogP contribution in [0.4, 0.5) is 5.13 Å². The molecule has 3 heterocycles. The van der Waals surface area contributed by atoms with Crippen LogP contribution < -0.4 is 11.5 Å². The minimum Gasteiger partial charge on any atom is -0.439 e. The summed E-state index contributed by atoms with van der Waals surface area (Å²) in [6.45, 7) is 1.77. The average Bonchev–Trinajstić information content (AvgIpc) is 3.07. The molecule has 0 spiro atoms. The number of primary amides is 1. The molecule has 102 valence electrons. The summed E-state index contributed by atoms with van der Waals surface area (Å²) in [5.74, 6) is 0.402. The van der Waals surface area contributed by atoms with E-state index in [1.807, 2.05) is 0 Å². The minimum absolute atomic E-state index is 0.215. The van der Waals surface area contributed by atoms with E-state index in [1.165, 1.54) is 22.7 Å². The predicted octanol–water partition coefficient (Wildman–Crippen LogP) is 1.91. The molecule has 0 unspecified atom stereocenters. The third kappa shape index (κ3) is 2.17. The highest BCUT2D eigenvalue weighted by molar-refractivity contribution is 7.14. The Kier molecular flexibility index (Phi) is 2.99. The lowest BCUT2D eigenvalue weighted by atomic mass is 10.4. The molecule has 0 radical (unpaired) electrons. The Labute approximate surface area is 121 Å². The maximum atomic E-state index is 11.1. The fourth-order valence-corrected chi connectivity index (χ4v) is 2.97. The lowest BCUT2D eigenvalue weighted by Crippen LogP contribution is -2.10. The van der Waals surface area contributed by atoms with Crippen LogP contribution >= 0.6 is 22.7 Å². The minimum atomic E-state index is -0.568. The van der Waals surface area contributed by atoms with Gasteiger partial charge in [0.2, 0.25) is 5.89 Å². The number of anilines is 1. The molecule has 0 saturated heterocycles. The van der Waals surface area contributed by atoms with Crippen LogP contribution in [-0.2, 0) is 0 Å². The number of carbonyl (C=O) groups is 1. The first-order chi connectivity index (χ1) is 9.54. The smallest absolute Gasteiger partial charge is 0.268 e. The van der Waals surface area contributed by atoms with Gasteiger partial charge in [-0.15, -0.1) is 22.7 Å². The second-order valence-electron chi connectivity index (χ2n) is 3.90. The molecule has 0 fully saturated rings. The highest BCUT2D eigenvalue weighted by atomic mass is 32.1. The molecule has 3 aromatic rings. The van der Waals surface area contributed by atoms with Gasteiger partial charge in [0.1, 0.15) is 27.8 Å². The van der Waals surface area contributed by atoms with Gasteiger partial charge < -0.3 is 15.9 Å². The van der Waals surface area contributed by atoms with Crippen LogP contribution in [-0.4, -0.2) is 20.9 Å². The van der Waals surface area contributed by atoms with Crippen molar-refractivity contribution in [1.29, 1.82) is 0 Å².